The quantitative estimate of drug-likeness (QED) is 0.566. The summed E-state index contributed by atoms with van der Waals surface area (Å²) >= 11 is 0. The molecule has 9 heteroatoms. The summed E-state index contributed by atoms with van der Waals surface area (Å²) in [6, 6.07) is 12.3. The Morgan fingerprint density at radius 1 is 0.964 bits per heavy atom. The Bertz CT molecular complexity index is 1140. The molecule has 7 nitrogen and oxygen atoms in total. The molecule has 0 saturated carbocycles. The number of aromatic nitrogens is 2. The van der Waals surface area contributed by atoms with E-state index < -0.39 is 19.9 Å². The Hall–Kier alpha value is -2.49. The molecule has 1 aromatic heterocycles. The van der Waals surface area contributed by atoms with Crippen molar-refractivity contribution in [2.45, 2.75) is 34.6 Å². The van der Waals surface area contributed by atoms with Crippen molar-refractivity contribution in [3.8, 4) is 0 Å². The first-order valence-electron chi connectivity index (χ1n) is 8.67. The standard InChI is InChI=1S/C19H21N3O4S2/c1-16-18(27(23,24)17-7-3-2-4-8-17)9-5-10-19(16)28(25,26)21-11-6-13-22-14-12-20-15-22/h2-5,7-10,12,14-15,21H,6,11,13H2,1H3. The predicted molar refractivity (Wildman–Crippen MR) is 105 cm³/mol. The minimum Gasteiger partial charge on any atom is -0.337 e. The number of nitrogens with zero attached hydrogens (tertiary/aromatic N) is 2. The minimum absolute atomic E-state index is 0.0139. The lowest BCUT2D eigenvalue weighted by atomic mass is 10.2. The lowest BCUT2D eigenvalue weighted by Crippen LogP contribution is -2.26. The van der Waals surface area contributed by atoms with Gasteiger partial charge in [0.2, 0.25) is 19.9 Å². The SMILES string of the molecule is Cc1c(S(=O)(=O)NCCCn2ccnc2)cccc1S(=O)(=O)c1ccccc1. The van der Waals surface area contributed by atoms with Gasteiger partial charge in [-0.3, -0.25) is 0 Å². The molecule has 0 aliphatic rings. The molecule has 0 amide bonds. The number of rotatable bonds is 8. The van der Waals surface area contributed by atoms with Crippen LogP contribution < -0.4 is 4.72 Å². The van der Waals surface area contributed by atoms with Crippen LogP contribution >= 0.6 is 0 Å². The Kier molecular flexibility index (Phi) is 5.97. The van der Waals surface area contributed by atoms with Crippen LogP contribution in [0.2, 0.25) is 0 Å². The number of nitrogens with one attached hydrogen (secondary N) is 1. The van der Waals surface area contributed by atoms with Crippen LogP contribution in [-0.2, 0) is 26.4 Å². The lowest BCUT2D eigenvalue weighted by Gasteiger charge is -2.13. The second-order valence-corrected chi connectivity index (χ2v) is 9.90. The predicted octanol–water partition coefficient (Wildman–Crippen LogP) is 2.39. The van der Waals surface area contributed by atoms with Gasteiger partial charge in [-0.2, -0.15) is 0 Å². The molecule has 0 aliphatic carbocycles. The van der Waals surface area contributed by atoms with Gasteiger partial charge in [0.05, 0.1) is 21.0 Å². The van der Waals surface area contributed by atoms with Crippen LogP contribution in [0.25, 0.3) is 0 Å². The topological polar surface area (TPSA) is 98.1 Å². The number of sulfonamides is 1. The highest BCUT2D eigenvalue weighted by Gasteiger charge is 2.25. The number of hydrogen-bond acceptors (Lipinski definition) is 5. The summed E-state index contributed by atoms with van der Waals surface area (Å²) in [5, 5.41) is 0. The molecule has 0 unspecified atom stereocenters. The highest BCUT2D eigenvalue weighted by Crippen LogP contribution is 2.27. The van der Waals surface area contributed by atoms with E-state index in [1.165, 1.54) is 37.3 Å². The number of aryl methyl sites for hydroxylation is 1. The summed E-state index contributed by atoms with van der Waals surface area (Å²) in [4.78, 5) is 4.01. The van der Waals surface area contributed by atoms with Crippen LogP contribution in [0.4, 0.5) is 0 Å². The number of sulfone groups is 1. The zero-order chi connectivity index (χ0) is 20.2. The lowest BCUT2D eigenvalue weighted by molar-refractivity contribution is 0.569. The number of imidazole rings is 1. The minimum atomic E-state index is -3.84. The van der Waals surface area contributed by atoms with Crippen molar-refractivity contribution >= 4 is 19.9 Å². The van der Waals surface area contributed by atoms with Gasteiger partial charge in [0.25, 0.3) is 0 Å². The van der Waals surface area contributed by atoms with E-state index in [0.29, 0.717) is 13.0 Å². The highest BCUT2D eigenvalue weighted by atomic mass is 32.2. The molecule has 0 saturated heterocycles. The van der Waals surface area contributed by atoms with Crippen LogP contribution in [0.3, 0.4) is 0 Å². The van der Waals surface area contributed by atoms with E-state index in [9.17, 15) is 16.8 Å². The van der Waals surface area contributed by atoms with E-state index >= 15 is 0 Å². The van der Waals surface area contributed by atoms with E-state index in [1.807, 2.05) is 4.57 Å². The highest BCUT2D eigenvalue weighted by molar-refractivity contribution is 7.92. The van der Waals surface area contributed by atoms with E-state index in [4.69, 9.17) is 0 Å². The van der Waals surface area contributed by atoms with Crippen molar-refractivity contribution in [3.05, 3.63) is 72.8 Å². The fourth-order valence-corrected chi connectivity index (χ4v) is 5.81. The molecule has 0 aliphatic heterocycles. The van der Waals surface area contributed by atoms with Gasteiger partial charge in [-0.25, -0.2) is 26.5 Å². The van der Waals surface area contributed by atoms with Gasteiger partial charge in [-0.15, -0.1) is 0 Å². The van der Waals surface area contributed by atoms with Crippen LogP contribution in [0, 0.1) is 6.92 Å². The largest absolute Gasteiger partial charge is 0.337 e. The fraction of sp³-hybridized carbons (Fsp3) is 0.211. The van der Waals surface area contributed by atoms with Gasteiger partial charge >= 0.3 is 0 Å². The van der Waals surface area contributed by atoms with Gasteiger partial charge < -0.3 is 4.57 Å². The number of hydrogen-bond donors (Lipinski definition) is 1. The molecule has 0 radical (unpaired) electrons. The zero-order valence-corrected chi connectivity index (χ0v) is 16.9. The molecule has 28 heavy (non-hydrogen) atoms. The van der Waals surface area contributed by atoms with Crippen molar-refractivity contribution < 1.29 is 16.8 Å². The van der Waals surface area contributed by atoms with E-state index in [1.54, 1.807) is 36.9 Å². The van der Waals surface area contributed by atoms with Crippen molar-refractivity contribution in [1.29, 1.82) is 0 Å². The molecule has 3 aromatic rings. The summed E-state index contributed by atoms with van der Waals surface area (Å²) < 4.78 is 55.6. The average molecular weight is 420 g/mol. The second-order valence-electron chi connectivity index (χ2n) is 6.25. The van der Waals surface area contributed by atoms with Crippen molar-refractivity contribution in [2.75, 3.05) is 6.54 Å². The molecule has 1 heterocycles. The Morgan fingerprint density at radius 2 is 1.68 bits per heavy atom. The molecule has 3 rings (SSSR count). The molecule has 0 bridgehead atoms. The maximum atomic E-state index is 12.9. The summed E-state index contributed by atoms with van der Waals surface area (Å²) in [6.07, 6.45) is 5.70. The third-order valence-electron chi connectivity index (χ3n) is 4.31. The molecular weight excluding hydrogens is 398 g/mol. The maximum absolute atomic E-state index is 12.9. The van der Waals surface area contributed by atoms with Crippen LogP contribution in [0.5, 0.6) is 0 Å². The zero-order valence-electron chi connectivity index (χ0n) is 15.3. The molecule has 148 valence electrons. The molecular formula is C19H21N3O4S2. The number of benzene rings is 2. The maximum Gasteiger partial charge on any atom is 0.240 e. The molecule has 1 N–H and O–H groups in total. The Morgan fingerprint density at radius 3 is 2.36 bits per heavy atom. The monoisotopic (exact) mass is 419 g/mol. The van der Waals surface area contributed by atoms with Crippen molar-refractivity contribution in [3.63, 3.8) is 0 Å². The summed E-state index contributed by atoms with van der Waals surface area (Å²) in [5.41, 5.74) is 0.202. The summed E-state index contributed by atoms with van der Waals surface area (Å²) in [5.74, 6) is 0. The molecule has 2 aromatic carbocycles. The van der Waals surface area contributed by atoms with Gasteiger partial charge in [-0.05, 0) is 43.2 Å². The second kappa shape index (κ2) is 8.26. The molecule has 0 spiro atoms. The van der Waals surface area contributed by atoms with E-state index in [0.717, 1.165) is 0 Å². The Balaban J connectivity index is 1.81. The third-order valence-corrected chi connectivity index (χ3v) is 7.83. The average Bonchev–Trinajstić information content (AvgIpc) is 3.19. The van der Waals surface area contributed by atoms with Crippen LogP contribution in [0.15, 0.2) is 81.9 Å². The third kappa shape index (κ3) is 4.32. The molecule has 0 atom stereocenters. The van der Waals surface area contributed by atoms with Gasteiger partial charge in [0.1, 0.15) is 0 Å². The van der Waals surface area contributed by atoms with Crippen molar-refractivity contribution in [1.82, 2.24) is 14.3 Å². The Labute approximate surface area is 165 Å². The summed E-state index contributed by atoms with van der Waals surface area (Å²) in [7, 11) is -7.65. The first-order chi connectivity index (χ1) is 13.3. The van der Waals surface area contributed by atoms with Crippen molar-refractivity contribution in [2.24, 2.45) is 0 Å². The van der Waals surface area contributed by atoms with Gasteiger partial charge in [0, 0.05) is 25.5 Å². The summed E-state index contributed by atoms with van der Waals surface area (Å²) in [6.45, 7) is 2.37. The normalized spacial score (nSPS) is 12.2. The van der Waals surface area contributed by atoms with E-state index in [-0.39, 0.29) is 26.8 Å². The fourth-order valence-electron chi connectivity index (χ4n) is 2.87. The van der Waals surface area contributed by atoms with Crippen LogP contribution in [-0.4, -0.2) is 32.9 Å². The smallest absolute Gasteiger partial charge is 0.240 e. The van der Waals surface area contributed by atoms with Crippen LogP contribution in [0.1, 0.15) is 12.0 Å². The first kappa shape index (κ1) is 20.2. The van der Waals surface area contributed by atoms with Gasteiger partial charge in [0.15, 0.2) is 0 Å². The molecule has 0 fully saturated rings. The van der Waals surface area contributed by atoms with E-state index in [2.05, 4.69) is 9.71 Å². The first-order valence-corrected chi connectivity index (χ1v) is 11.6. The van der Waals surface area contributed by atoms with Gasteiger partial charge in [-0.1, -0.05) is 24.3 Å².